The molecule has 12 rings (SSSR count). The fourth-order valence-corrected chi connectivity index (χ4v) is 9.87. The van der Waals surface area contributed by atoms with Crippen LogP contribution in [0.3, 0.4) is 0 Å². The van der Waals surface area contributed by atoms with Gasteiger partial charge in [-0.2, -0.15) is 0 Å². The minimum Gasteiger partial charge on any atom is -0.310 e. The van der Waals surface area contributed by atoms with Crippen LogP contribution in [-0.4, -0.2) is 9.13 Å². The number of anilines is 6. The summed E-state index contributed by atoms with van der Waals surface area (Å²) < 4.78 is 4.82. The van der Waals surface area contributed by atoms with E-state index in [2.05, 4.69) is 269 Å². The highest BCUT2D eigenvalue weighted by Gasteiger charge is 2.20. The highest BCUT2D eigenvalue weighted by molar-refractivity contribution is 6.12. The Morgan fingerprint density at radius 2 is 0.769 bits per heavy atom. The van der Waals surface area contributed by atoms with Crippen LogP contribution in [0.25, 0.3) is 66.1 Å². The van der Waals surface area contributed by atoms with Crippen molar-refractivity contribution >= 4 is 83.4 Å². The molecule has 0 spiro atoms. The molecule has 1 atom stereocenters. The van der Waals surface area contributed by atoms with E-state index in [1.807, 2.05) is 0 Å². The molecule has 0 radical (unpaired) electrons. The van der Waals surface area contributed by atoms with Crippen LogP contribution < -0.4 is 9.80 Å². The Labute approximate surface area is 379 Å². The van der Waals surface area contributed by atoms with Crippen LogP contribution in [0.4, 0.5) is 34.1 Å². The topological polar surface area (TPSA) is 16.3 Å². The Kier molecular flexibility index (Phi) is 9.49. The van der Waals surface area contributed by atoms with Crippen LogP contribution in [-0.2, 0) is 0 Å². The molecule has 1 aliphatic carbocycles. The predicted octanol–water partition coefficient (Wildman–Crippen LogP) is 16.9. The standard InChI is InChI=1S/C61H46N4/c1-43-25-31-51(32-26-43)65-59-24-14-12-22-55(59)57-40-38-53(42-61(57)65)63(47-17-7-3-8-18-47)50-35-29-45(30-36-50)44-27-33-49(34-28-44)62(46-15-5-2-6-16-46)52-37-39-56-54-21-11-13-23-58(54)64(60(56)41-52)48-19-9-4-10-20-48/h2-25,27-43H,26H2,1H3. The lowest BCUT2D eigenvalue weighted by atomic mass is 10.0. The third-order valence-electron chi connectivity index (χ3n) is 13.0. The summed E-state index contributed by atoms with van der Waals surface area (Å²) in [6.45, 7) is 2.28. The summed E-state index contributed by atoms with van der Waals surface area (Å²) in [6, 6.07) is 81.3. The van der Waals surface area contributed by atoms with Crippen molar-refractivity contribution in [2.75, 3.05) is 9.80 Å². The lowest BCUT2D eigenvalue weighted by Crippen LogP contribution is -2.10. The maximum Gasteiger partial charge on any atom is 0.0561 e. The van der Waals surface area contributed by atoms with Gasteiger partial charge in [-0.1, -0.05) is 146 Å². The molecule has 310 valence electrons. The Hall–Kier alpha value is -8.34. The second-order valence-electron chi connectivity index (χ2n) is 17.1. The number of allylic oxidation sites excluding steroid dienone is 4. The average Bonchev–Trinajstić information content (AvgIpc) is 3.88. The highest BCUT2D eigenvalue weighted by Crippen LogP contribution is 2.43. The van der Waals surface area contributed by atoms with Crippen molar-refractivity contribution < 1.29 is 0 Å². The molecular formula is C61H46N4. The smallest absolute Gasteiger partial charge is 0.0561 e. The normalized spacial score (nSPS) is 13.7. The van der Waals surface area contributed by atoms with Crippen LogP contribution in [0.1, 0.15) is 13.3 Å². The number of aromatic nitrogens is 2. The number of fused-ring (bicyclic) bond motifs is 6. The number of nitrogens with zero attached hydrogens (tertiary/aromatic N) is 4. The SMILES string of the molecule is CC1C=CC(n2c3ccccc3c3ccc(N(c4ccccc4)c4ccc(-c5ccc(N(c6ccccc6)c6ccc7c8ccccc8n(-c8ccccc8)c7c6)cc5)cc4)cc32)=CC1. The number of hydrogen-bond acceptors (Lipinski definition) is 2. The minimum absolute atomic E-state index is 0.544. The van der Waals surface area contributed by atoms with Gasteiger partial charge in [0.25, 0.3) is 0 Å². The zero-order chi connectivity index (χ0) is 43.3. The van der Waals surface area contributed by atoms with Gasteiger partial charge in [-0.25, -0.2) is 0 Å². The van der Waals surface area contributed by atoms with Gasteiger partial charge in [0.05, 0.1) is 22.1 Å². The molecule has 0 fully saturated rings. The van der Waals surface area contributed by atoms with Gasteiger partial charge in [-0.05, 0) is 127 Å². The Morgan fingerprint density at radius 3 is 1.26 bits per heavy atom. The van der Waals surface area contributed by atoms with E-state index >= 15 is 0 Å². The van der Waals surface area contributed by atoms with Gasteiger partial charge in [0.15, 0.2) is 0 Å². The average molecular weight is 835 g/mol. The molecule has 2 heterocycles. The second-order valence-corrected chi connectivity index (χ2v) is 17.1. The molecule has 65 heavy (non-hydrogen) atoms. The summed E-state index contributed by atoms with van der Waals surface area (Å²) in [5.74, 6) is 0.544. The van der Waals surface area contributed by atoms with Gasteiger partial charge < -0.3 is 18.9 Å². The van der Waals surface area contributed by atoms with E-state index in [9.17, 15) is 0 Å². The first-order valence-electron chi connectivity index (χ1n) is 22.6. The molecule has 0 amide bonds. The van der Waals surface area contributed by atoms with Gasteiger partial charge in [-0.3, -0.25) is 0 Å². The van der Waals surface area contributed by atoms with Crippen LogP contribution >= 0.6 is 0 Å². The molecule has 0 aliphatic heterocycles. The molecule has 4 heteroatoms. The summed E-state index contributed by atoms with van der Waals surface area (Å²) in [7, 11) is 0. The van der Waals surface area contributed by atoms with Crippen molar-refractivity contribution in [1.29, 1.82) is 0 Å². The lowest BCUT2D eigenvalue weighted by molar-refractivity contribution is 0.735. The van der Waals surface area contributed by atoms with E-state index in [-0.39, 0.29) is 0 Å². The van der Waals surface area contributed by atoms with E-state index in [1.165, 1.54) is 49.3 Å². The summed E-state index contributed by atoms with van der Waals surface area (Å²) >= 11 is 0. The fraction of sp³-hybridized carbons (Fsp3) is 0.0492. The maximum absolute atomic E-state index is 2.44. The predicted molar refractivity (Wildman–Crippen MR) is 276 cm³/mol. The van der Waals surface area contributed by atoms with Crippen molar-refractivity contribution in [2.24, 2.45) is 5.92 Å². The van der Waals surface area contributed by atoms with Crippen molar-refractivity contribution in [3.63, 3.8) is 0 Å². The van der Waals surface area contributed by atoms with Gasteiger partial charge >= 0.3 is 0 Å². The molecule has 0 bridgehead atoms. The van der Waals surface area contributed by atoms with E-state index in [1.54, 1.807) is 0 Å². The summed E-state index contributed by atoms with van der Waals surface area (Å²) in [5, 5.41) is 5.00. The third-order valence-corrected chi connectivity index (χ3v) is 13.0. The minimum atomic E-state index is 0.544. The van der Waals surface area contributed by atoms with Crippen molar-refractivity contribution in [3.05, 3.63) is 243 Å². The van der Waals surface area contributed by atoms with E-state index in [0.29, 0.717) is 5.92 Å². The molecule has 11 aromatic rings. The van der Waals surface area contributed by atoms with Gasteiger partial charge in [0, 0.05) is 67.1 Å². The third kappa shape index (κ3) is 6.79. The number of hydrogen-bond donors (Lipinski definition) is 0. The van der Waals surface area contributed by atoms with E-state index in [0.717, 1.165) is 57.4 Å². The molecule has 1 unspecified atom stereocenters. The Balaban J connectivity index is 0.909. The Bertz CT molecular complexity index is 3560. The highest BCUT2D eigenvalue weighted by atomic mass is 15.2. The number of para-hydroxylation sites is 5. The summed E-state index contributed by atoms with van der Waals surface area (Å²) in [6.07, 6.45) is 8.04. The number of benzene rings is 9. The molecule has 0 saturated heterocycles. The van der Waals surface area contributed by atoms with Crippen molar-refractivity contribution in [3.8, 4) is 16.8 Å². The van der Waals surface area contributed by atoms with Gasteiger partial charge in [0.2, 0.25) is 0 Å². The largest absolute Gasteiger partial charge is 0.310 e. The first-order chi connectivity index (χ1) is 32.2. The molecule has 0 N–H and O–H groups in total. The summed E-state index contributed by atoms with van der Waals surface area (Å²) in [5.41, 5.74) is 16.1. The lowest BCUT2D eigenvalue weighted by Gasteiger charge is -2.26. The first kappa shape index (κ1) is 38.3. The summed E-state index contributed by atoms with van der Waals surface area (Å²) in [4.78, 5) is 4.72. The van der Waals surface area contributed by atoms with E-state index in [4.69, 9.17) is 0 Å². The maximum atomic E-state index is 2.44. The van der Waals surface area contributed by atoms with Crippen LogP contribution in [0.5, 0.6) is 0 Å². The van der Waals surface area contributed by atoms with Crippen molar-refractivity contribution in [2.45, 2.75) is 13.3 Å². The second kappa shape index (κ2) is 16.1. The van der Waals surface area contributed by atoms with Crippen molar-refractivity contribution in [1.82, 2.24) is 9.13 Å². The van der Waals surface area contributed by atoms with Gasteiger partial charge in [0.1, 0.15) is 0 Å². The molecule has 1 aliphatic rings. The first-order valence-corrected chi connectivity index (χ1v) is 22.6. The van der Waals surface area contributed by atoms with Gasteiger partial charge in [-0.15, -0.1) is 0 Å². The monoisotopic (exact) mass is 834 g/mol. The van der Waals surface area contributed by atoms with Crippen LogP contribution in [0.15, 0.2) is 243 Å². The molecule has 9 aromatic carbocycles. The Morgan fingerprint density at radius 1 is 0.369 bits per heavy atom. The molecule has 2 aromatic heterocycles. The molecular weight excluding hydrogens is 789 g/mol. The number of rotatable bonds is 9. The fourth-order valence-electron chi connectivity index (χ4n) is 9.87. The van der Waals surface area contributed by atoms with Crippen LogP contribution in [0, 0.1) is 5.92 Å². The zero-order valence-corrected chi connectivity index (χ0v) is 36.2. The van der Waals surface area contributed by atoms with E-state index < -0.39 is 0 Å². The zero-order valence-electron chi connectivity index (χ0n) is 36.2. The molecule has 0 saturated carbocycles. The quantitative estimate of drug-likeness (QED) is 0.144. The van der Waals surface area contributed by atoms with Crippen LogP contribution in [0.2, 0.25) is 0 Å². The molecule has 4 nitrogen and oxygen atoms in total.